The molecule has 1 aromatic heterocycles. The molecule has 3 aromatic rings. The van der Waals surface area contributed by atoms with Crippen molar-refractivity contribution in [2.45, 2.75) is 24.9 Å². The summed E-state index contributed by atoms with van der Waals surface area (Å²) in [6.45, 7) is 0. The SMILES string of the molecule is Cl.OC(CCC(c1ccccc1)c1ccccc1)c1c[nH]cn1. The zero-order valence-electron chi connectivity index (χ0n) is 12.8. The Morgan fingerprint density at radius 2 is 1.43 bits per heavy atom. The summed E-state index contributed by atoms with van der Waals surface area (Å²) < 4.78 is 0. The highest BCUT2D eigenvalue weighted by atomic mass is 35.5. The van der Waals surface area contributed by atoms with Gasteiger partial charge in [-0.05, 0) is 24.0 Å². The van der Waals surface area contributed by atoms with Crippen LogP contribution in [0.1, 0.15) is 41.7 Å². The van der Waals surface area contributed by atoms with Gasteiger partial charge < -0.3 is 10.1 Å². The number of aromatic amines is 1. The van der Waals surface area contributed by atoms with Crippen LogP contribution in [0, 0.1) is 0 Å². The molecule has 0 aliphatic carbocycles. The lowest BCUT2D eigenvalue weighted by Crippen LogP contribution is -2.05. The largest absolute Gasteiger partial charge is 0.387 e. The average molecular weight is 329 g/mol. The summed E-state index contributed by atoms with van der Waals surface area (Å²) in [5.74, 6) is 0.288. The Balaban J connectivity index is 0.00000192. The van der Waals surface area contributed by atoms with Crippen LogP contribution in [-0.2, 0) is 0 Å². The Labute approximate surface area is 142 Å². The van der Waals surface area contributed by atoms with Crippen LogP contribution in [0.4, 0.5) is 0 Å². The maximum absolute atomic E-state index is 10.3. The van der Waals surface area contributed by atoms with Gasteiger partial charge in [0, 0.05) is 12.1 Å². The molecule has 1 atom stereocenters. The number of rotatable bonds is 6. The zero-order chi connectivity index (χ0) is 15.2. The van der Waals surface area contributed by atoms with Crippen LogP contribution in [0.2, 0.25) is 0 Å². The standard InChI is InChI=1S/C19H20N2O.ClH/c22-19(18-13-20-14-21-18)12-11-17(15-7-3-1-4-8-15)16-9-5-2-6-10-16;/h1-10,13-14,17,19,22H,11-12H2,(H,20,21);1H. The third kappa shape index (κ3) is 4.44. The molecule has 0 radical (unpaired) electrons. The van der Waals surface area contributed by atoms with E-state index in [1.165, 1.54) is 11.1 Å². The summed E-state index contributed by atoms with van der Waals surface area (Å²) >= 11 is 0. The van der Waals surface area contributed by atoms with Crippen LogP contribution >= 0.6 is 12.4 Å². The molecular formula is C19H21ClN2O. The number of nitrogens with one attached hydrogen (secondary N) is 1. The van der Waals surface area contributed by atoms with E-state index in [-0.39, 0.29) is 18.3 Å². The summed E-state index contributed by atoms with van der Waals surface area (Å²) in [5, 5.41) is 10.3. The van der Waals surface area contributed by atoms with Gasteiger partial charge in [-0.2, -0.15) is 0 Å². The first-order valence-electron chi connectivity index (χ1n) is 7.61. The number of halogens is 1. The van der Waals surface area contributed by atoms with Crippen molar-refractivity contribution in [3.8, 4) is 0 Å². The van der Waals surface area contributed by atoms with Gasteiger partial charge in [-0.3, -0.25) is 0 Å². The van der Waals surface area contributed by atoms with Crippen molar-refractivity contribution in [2.24, 2.45) is 0 Å². The number of aliphatic hydroxyl groups excluding tert-OH is 1. The normalized spacial score (nSPS) is 11.9. The molecule has 2 aromatic carbocycles. The summed E-state index contributed by atoms with van der Waals surface area (Å²) in [5.41, 5.74) is 3.27. The topological polar surface area (TPSA) is 48.9 Å². The molecule has 23 heavy (non-hydrogen) atoms. The molecule has 0 bridgehead atoms. The Kier molecular flexibility index (Phi) is 6.39. The van der Waals surface area contributed by atoms with E-state index in [9.17, 15) is 5.11 Å². The second-order valence-electron chi connectivity index (χ2n) is 5.46. The fourth-order valence-corrected chi connectivity index (χ4v) is 2.82. The van der Waals surface area contributed by atoms with Gasteiger partial charge >= 0.3 is 0 Å². The van der Waals surface area contributed by atoms with Crippen LogP contribution in [-0.4, -0.2) is 15.1 Å². The van der Waals surface area contributed by atoms with Gasteiger partial charge in [0.1, 0.15) is 0 Å². The van der Waals surface area contributed by atoms with E-state index < -0.39 is 6.10 Å². The van der Waals surface area contributed by atoms with Gasteiger partial charge in [0.25, 0.3) is 0 Å². The highest BCUT2D eigenvalue weighted by molar-refractivity contribution is 5.85. The second kappa shape index (κ2) is 8.51. The summed E-state index contributed by atoms with van der Waals surface area (Å²) in [4.78, 5) is 7.02. The van der Waals surface area contributed by atoms with Crippen molar-refractivity contribution >= 4 is 12.4 Å². The van der Waals surface area contributed by atoms with Gasteiger partial charge in [0.2, 0.25) is 0 Å². The quantitative estimate of drug-likeness (QED) is 0.701. The van der Waals surface area contributed by atoms with E-state index in [0.29, 0.717) is 12.1 Å². The molecule has 0 saturated carbocycles. The highest BCUT2D eigenvalue weighted by Gasteiger charge is 2.17. The van der Waals surface area contributed by atoms with Crippen molar-refractivity contribution in [3.63, 3.8) is 0 Å². The van der Waals surface area contributed by atoms with Crippen molar-refractivity contribution in [3.05, 3.63) is 90.0 Å². The zero-order valence-corrected chi connectivity index (χ0v) is 13.6. The molecule has 0 fully saturated rings. The van der Waals surface area contributed by atoms with Crippen LogP contribution in [0.25, 0.3) is 0 Å². The Bertz CT molecular complexity index is 632. The molecule has 1 heterocycles. The van der Waals surface area contributed by atoms with Gasteiger partial charge in [-0.15, -0.1) is 12.4 Å². The number of aromatic nitrogens is 2. The van der Waals surface area contributed by atoms with E-state index in [1.54, 1.807) is 12.5 Å². The third-order valence-electron chi connectivity index (χ3n) is 3.99. The first kappa shape index (κ1) is 17.3. The van der Waals surface area contributed by atoms with E-state index in [0.717, 1.165) is 6.42 Å². The number of nitrogens with zero attached hydrogens (tertiary/aromatic N) is 1. The minimum atomic E-state index is -0.527. The smallest absolute Gasteiger partial charge is 0.0975 e. The monoisotopic (exact) mass is 328 g/mol. The number of imidazole rings is 1. The molecule has 4 heteroatoms. The fourth-order valence-electron chi connectivity index (χ4n) is 2.82. The van der Waals surface area contributed by atoms with Gasteiger partial charge in [-0.25, -0.2) is 4.98 Å². The summed E-state index contributed by atoms with van der Waals surface area (Å²) in [6, 6.07) is 20.9. The second-order valence-corrected chi connectivity index (χ2v) is 5.46. The molecular weight excluding hydrogens is 308 g/mol. The molecule has 3 rings (SSSR count). The van der Waals surface area contributed by atoms with Crippen LogP contribution in [0.5, 0.6) is 0 Å². The average Bonchev–Trinajstić information content (AvgIpc) is 3.11. The lowest BCUT2D eigenvalue weighted by Gasteiger charge is -2.19. The Morgan fingerprint density at radius 1 is 0.870 bits per heavy atom. The molecule has 120 valence electrons. The number of H-pyrrole nitrogens is 1. The molecule has 0 spiro atoms. The van der Waals surface area contributed by atoms with E-state index in [1.807, 2.05) is 12.1 Å². The molecule has 3 nitrogen and oxygen atoms in total. The number of hydrogen-bond acceptors (Lipinski definition) is 2. The van der Waals surface area contributed by atoms with Crippen molar-refractivity contribution in [2.75, 3.05) is 0 Å². The molecule has 2 N–H and O–H groups in total. The van der Waals surface area contributed by atoms with Crippen molar-refractivity contribution in [1.29, 1.82) is 0 Å². The van der Waals surface area contributed by atoms with E-state index >= 15 is 0 Å². The van der Waals surface area contributed by atoms with E-state index in [4.69, 9.17) is 0 Å². The lowest BCUT2D eigenvalue weighted by atomic mass is 9.86. The molecule has 0 aliphatic heterocycles. The van der Waals surface area contributed by atoms with Gasteiger partial charge in [-0.1, -0.05) is 60.7 Å². The van der Waals surface area contributed by atoms with Crippen LogP contribution in [0.3, 0.4) is 0 Å². The highest BCUT2D eigenvalue weighted by Crippen LogP contribution is 2.31. The summed E-state index contributed by atoms with van der Waals surface area (Å²) in [7, 11) is 0. The number of hydrogen-bond donors (Lipinski definition) is 2. The molecule has 1 unspecified atom stereocenters. The minimum absolute atomic E-state index is 0. The summed E-state index contributed by atoms with van der Waals surface area (Å²) in [6.07, 6.45) is 4.39. The fraction of sp³-hybridized carbons (Fsp3) is 0.211. The number of benzene rings is 2. The predicted molar refractivity (Wildman–Crippen MR) is 94.8 cm³/mol. The van der Waals surface area contributed by atoms with Gasteiger partial charge in [0.15, 0.2) is 0 Å². The molecule has 0 saturated heterocycles. The molecule has 0 amide bonds. The third-order valence-corrected chi connectivity index (χ3v) is 3.99. The van der Waals surface area contributed by atoms with Crippen LogP contribution in [0.15, 0.2) is 73.2 Å². The van der Waals surface area contributed by atoms with Crippen molar-refractivity contribution in [1.82, 2.24) is 9.97 Å². The Morgan fingerprint density at radius 3 is 1.91 bits per heavy atom. The van der Waals surface area contributed by atoms with Gasteiger partial charge in [0.05, 0.1) is 18.1 Å². The minimum Gasteiger partial charge on any atom is -0.387 e. The van der Waals surface area contributed by atoms with Crippen molar-refractivity contribution < 1.29 is 5.11 Å². The predicted octanol–water partition coefficient (Wildman–Crippen LogP) is 4.48. The first-order valence-corrected chi connectivity index (χ1v) is 7.61. The molecule has 0 aliphatic rings. The van der Waals surface area contributed by atoms with Crippen LogP contribution < -0.4 is 0 Å². The first-order chi connectivity index (χ1) is 10.8. The maximum atomic E-state index is 10.3. The lowest BCUT2D eigenvalue weighted by molar-refractivity contribution is 0.158. The Hall–Kier alpha value is -2.10. The maximum Gasteiger partial charge on any atom is 0.0975 e. The number of aliphatic hydroxyl groups is 1. The van der Waals surface area contributed by atoms with E-state index in [2.05, 4.69) is 58.5 Å².